The molecule has 0 aliphatic carbocycles. The van der Waals surface area contributed by atoms with E-state index in [9.17, 15) is 35.1 Å². The average molecular weight is 582 g/mol. The maximum absolute atomic E-state index is 10.7. The molecule has 0 aliphatic rings. The first-order valence-electron chi connectivity index (χ1n) is 4.72. The first-order valence-corrected chi connectivity index (χ1v) is 13.5. The quantitative estimate of drug-likeness (QED) is 0.0588. The fraction of sp³-hybridized carbons (Fsp3) is 0. The molecule has 0 fully saturated rings. The van der Waals surface area contributed by atoms with Gasteiger partial charge in [-0.3, -0.25) is 9.11 Å². The highest BCUT2D eigenvalue weighted by Crippen LogP contribution is 2.63. The SMILES string of the molecule is N.N.O=P(O)(O)OP(=O)(O)OOP(=O)(O)OP(=O)(O)O.O=S(=O)(O)OOS(=O)(=O)O. The van der Waals surface area contributed by atoms with Crippen molar-refractivity contribution in [2.24, 2.45) is 0 Å². The van der Waals surface area contributed by atoms with E-state index in [1.807, 2.05) is 0 Å². The van der Waals surface area contributed by atoms with E-state index in [1.54, 1.807) is 0 Å². The standard InChI is InChI=1S/2H3N.H6O14P4.H2O8S2/c;;1-15(2,3)13-17(7,8)11-12-18(9,10)14-16(4,5)6;1-9(2,3)7-8-10(4,5)6/h2*1H3;(H,7,8)(H,9,10)(H2,1,2,3)(H2,4,5,6);(H,1,2,3)(H,4,5,6). The van der Waals surface area contributed by atoms with Crippen LogP contribution >= 0.6 is 31.3 Å². The van der Waals surface area contributed by atoms with Crippen LogP contribution in [0.15, 0.2) is 0 Å². The third-order valence-electron chi connectivity index (χ3n) is 0.841. The van der Waals surface area contributed by atoms with E-state index in [1.165, 1.54) is 0 Å². The maximum atomic E-state index is 10.7. The van der Waals surface area contributed by atoms with Crippen LogP contribution in [0.2, 0.25) is 0 Å². The van der Waals surface area contributed by atoms with Crippen LogP contribution in [-0.4, -0.2) is 55.3 Å². The summed E-state index contributed by atoms with van der Waals surface area (Å²) in [5, 5.41) is 0. The number of hydrogen-bond acceptors (Lipinski definition) is 16. The summed E-state index contributed by atoms with van der Waals surface area (Å²) < 4.78 is 113. The lowest BCUT2D eigenvalue weighted by Gasteiger charge is -2.14. The van der Waals surface area contributed by atoms with E-state index >= 15 is 0 Å². The summed E-state index contributed by atoms with van der Waals surface area (Å²) in [6.07, 6.45) is 0. The van der Waals surface area contributed by atoms with Gasteiger partial charge in [-0.1, -0.05) is 8.67 Å². The summed E-state index contributed by atoms with van der Waals surface area (Å²) in [6, 6.07) is 0. The zero-order chi connectivity index (χ0) is 23.2. The van der Waals surface area contributed by atoms with Crippen LogP contribution in [0.1, 0.15) is 0 Å². The van der Waals surface area contributed by atoms with Gasteiger partial charge in [-0.05, 0) is 0 Å². The molecule has 0 rings (SSSR count). The molecule has 0 radical (unpaired) electrons. The molecule has 14 N–H and O–H groups in total. The summed E-state index contributed by atoms with van der Waals surface area (Å²) in [5.74, 6) is 0. The molecule has 30 heavy (non-hydrogen) atoms. The molecule has 0 aromatic rings. The molecule has 2 unspecified atom stereocenters. The molecule has 0 saturated carbocycles. The van der Waals surface area contributed by atoms with Gasteiger partial charge in [0, 0.05) is 0 Å². The van der Waals surface area contributed by atoms with Crippen molar-refractivity contribution >= 4 is 52.1 Å². The molecule has 0 saturated heterocycles. The Kier molecular flexibility index (Phi) is 16.3. The van der Waals surface area contributed by atoms with Crippen molar-refractivity contribution in [1.82, 2.24) is 12.3 Å². The van der Waals surface area contributed by atoms with E-state index in [2.05, 4.69) is 26.6 Å². The lowest BCUT2D eigenvalue weighted by molar-refractivity contribution is -0.141. The Morgan fingerprint density at radius 1 is 0.533 bits per heavy atom. The molecule has 30 heteroatoms. The number of phosphoric acid groups is 4. The van der Waals surface area contributed by atoms with Gasteiger partial charge in [0.25, 0.3) is 0 Å². The lowest BCUT2D eigenvalue weighted by Crippen LogP contribution is -2.10. The van der Waals surface area contributed by atoms with E-state index in [4.69, 9.17) is 38.5 Å². The van der Waals surface area contributed by atoms with E-state index in [0.29, 0.717) is 0 Å². The Labute approximate surface area is 165 Å². The molecule has 0 spiro atoms. The fourth-order valence-electron chi connectivity index (χ4n) is 0.450. The maximum Gasteiger partial charge on any atom is 0.508 e. The highest BCUT2D eigenvalue weighted by Gasteiger charge is 2.40. The third-order valence-corrected chi connectivity index (χ3v) is 5.40. The largest absolute Gasteiger partial charge is 0.508 e. The topological polar surface area (TPSA) is 424 Å². The van der Waals surface area contributed by atoms with Gasteiger partial charge in [0.05, 0.1) is 0 Å². The van der Waals surface area contributed by atoms with Crippen LogP contribution in [0.5, 0.6) is 0 Å². The van der Waals surface area contributed by atoms with Gasteiger partial charge in [-0.2, -0.15) is 25.5 Å². The zero-order valence-corrected chi connectivity index (χ0v) is 18.5. The van der Waals surface area contributed by atoms with Crippen molar-refractivity contribution in [3.8, 4) is 0 Å². The summed E-state index contributed by atoms with van der Waals surface area (Å²) in [5.41, 5.74) is 0. The molecule has 2 atom stereocenters. The minimum atomic E-state index is -5.63. The van der Waals surface area contributed by atoms with Gasteiger partial charge in [0.15, 0.2) is 0 Å². The lowest BCUT2D eigenvalue weighted by atomic mass is 14.0. The van der Waals surface area contributed by atoms with Crippen LogP contribution in [-0.2, 0) is 65.7 Å². The molecule has 24 nitrogen and oxygen atoms in total. The highest BCUT2D eigenvalue weighted by atomic mass is 32.3. The minimum Gasteiger partial charge on any atom is -0.344 e. The minimum absolute atomic E-state index is 0. The van der Waals surface area contributed by atoms with Crippen LogP contribution in [0, 0.1) is 0 Å². The van der Waals surface area contributed by atoms with Crippen LogP contribution in [0.25, 0.3) is 0 Å². The zero-order valence-electron chi connectivity index (χ0n) is 13.3. The summed E-state index contributed by atoms with van der Waals surface area (Å²) in [7, 11) is -32.3. The molecule has 0 heterocycles. The number of rotatable bonds is 10. The van der Waals surface area contributed by atoms with Gasteiger partial charge in [0.2, 0.25) is 0 Å². The Hall–Kier alpha value is 0.180. The molecule has 0 aromatic carbocycles. The molecule has 188 valence electrons. The normalized spacial score (nSPS) is 16.5. The first-order chi connectivity index (χ1) is 11.8. The van der Waals surface area contributed by atoms with Gasteiger partial charge in [-0.15, -0.1) is 9.35 Å². The average Bonchev–Trinajstić information content (AvgIpc) is 2.28. The van der Waals surface area contributed by atoms with Gasteiger partial charge >= 0.3 is 52.1 Å². The summed E-state index contributed by atoms with van der Waals surface area (Å²) in [4.78, 5) is 49.5. The van der Waals surface area contributed by atoms with Crippen molar-refractivity contribution < 1.29 is 100 Å². The molecule has 0 amide bonds. The summed E-state index contributed by atoms with van der Waals surface area (Å²) >= 11 is 0. The second kappa shape index (κ2) is 13.0. The van der Waals surface area contributed by atoms with E-state index in [-0.39, 0.29) is 12.3 Å². The molecule has 0 aromatic heterocycles. The fourth-order valence-corrected chi connectivity index (χ4v) is 4.05. The van der Waals surface area contributed by atoms with Crippen LogP contribution in [0.4, 0.5) is 0 Å². The predicted octanol–water partition coefficient (Wildman–Crippen LogP) is -1.78. The van der Waals surface area contributed by atoms with Crippen LogP contribution < -0.4 is 12.3 Å². The molecule has 0 aliphatic heterocycles. The highest BCUT2D eigenvalue weighted by molar-refractivity contribution is 7.83. The Morgan fingerprint density at radius 3 is 0.867 bits per heavy atom. The Bertz CT molecular complexity index is 823. The Morgan fingerprint density at radius 2 is 0.733 bits per heavy atom. The summed E-state index contributed by atoms with van der Waals surface area (Å²) in [6.45, 7) is 0. The Balaban J connectivity index is -0.000000243. The van der Waals surface area contributed by atoms with Crippen molar-refractivity contribution in [1.29, 1.82) is 0 Å². The molecular formula is H14N2O22P4S2. The van der Waals surface area contributed by atoms with Crippen molar-refractivity contribution in [2.45, 2.75) is 0 Å². The second-order valence-corrected chi connectivity index (χ2v) is 10.6. The first kappa shape index (κ1) is 37.5. The van der Waals surface area contributed by atoms with Crippen LogP contribution in [0.3, 0.4) is 0 Å². The van der Waals surface area contributed by atoms with E-state index in [0.717, 1.165) is 0 Å². The van der Waals surface area contributed by atoms with Crippen molar-refractivity contribution in [3.63, 3.8) is 0 Å². The van der Waals surface area contributed by atoms with Gasteiger partial charge in [0.1, 0.15) is 0 Å². The van der Waals surface area contributed by atoms with Gasteiger partial charge in [-0.25, -0.2) is 18.3 Å². The number of hydrogen-bond donors (Lipinski definition) is 10. The van der Waals surface area contributed by atoms with Crippen molar-refractivity contribution in [2.75, 3.05) is 0 Å². The predicted molar refractivity (Wildman–Crippen MR) is 83.4 cm³/mol. The molecular weight excluding hydrogens is 568 g/mol. The van der Waals surface area contributed by atoms with Crippen molar-refractivity contribution in [3.05, 3.63) is 0 Å². The monoisotopic (exact) mass is 582 g/mol. The van der Waals surface area contributed by atoms with E-state index < -0.39 is 52.1 Å². The second-order valence-electron chi connectivity index (χ2n) is 3.22. The van der Waals surface area contributed by atoms with Gasteiger partial charge < -0.3 is 41.7 Å². The molecule has 0 bridgehead atoms. The smallest absolute Gasteiger partial charge is 0.344 e. The third kappa shape index (κ3) is 30.4.